The van der Waals surface area contributed by atoms with Gasteiger partial charge in [0.2, 0.25) is 0 Å². The fourth-order valence-corrected chi connectivity index (χ4v) is 3.89. The topological polar surface area (TPSA) is 51.8 Å². The summed E-state index contributed by atoms with van der Waals surface area (Å²) in [6, 6.07) is 6.19. The molecular weight excluding hydrogens is 388 g/mol. The molecule has 1 unspecified atom stereocenters. The third-order valence-electron chi connectivity index (χ3n) is 5.54. The van der Waals surface area contributed by atoms with E-state index < -0.39 is 0 Å². The van der Waals surface area contributed by atoms with Crippen LogP contribution in [0.2, 0.25) is 0 Å². The van der Waals surface area contributed by atoms with Crippen LogP contribution in [-0.2, 0) is 4.74 Å². The molecule has 0 fully saturated rings. The molecule has 5 nitrogen and oxygen atoms in total. The Labute approximate surface area is 186 Å². The van der Waals surface area contributed by atoms with E-state index in [-0.39, 0.29) is 0 Å². The Morgan fingerprint density at radius 2 is 2.13 bits per heavy atom. The molecule has 1 aromatic rings. The summed E-state index contributed by atoms with van der Waals surface area (Å²) in [5.74, 6) is 2.95. The first kappa shape index (κ1) is 23.2. The highest BCUT2D eigenvalue weighted by Gasteiger charge is 2.24. The van der Waals surface area contributed by atoms with Crippen molar-refractivity contribution in [3.8, 4) is 11.5 Å². The Morgan fingerprint density at radius 1 is 1.23 bits per heavy atom. The fourth-order valence-electron chi connectivity index (χ4n) is 3.89. The first-order chi connectivity index (χ1) is 15.3. The van der Waals surface area contributed by atoms with Gasteiger partial charge < -0.3 is 24.8 Å². The normalized spacial score (nSPS) is 19.2. The summed E-state index contributed by atoms with van der Waals surface area (Å²) in [5, 5.41) is 6.52. The third-order valence-corrected chi connectivity index (χ3v) is 5.54. The Bertz CT molecular complexity index is 839. The lowest BCUT2D eigenvalue weighted by molar-refractivity contribution is 0.305. The molecule has 31 heavy (non-hydrogen) atoms. The van der Waals surface area contributed by atoms with Gasteiger partial charge in [-0.3, -0.25) is 0 Å². The molecule has 0 spiro atoms. The second-order valence-electron chi connectivity index (χ2n) is 7.78. The number of ether oxygens (including phenoxy) is 3. The van der Waals surface area contributed by atoms with Crippen molar-refractivity contribution < 1.29 is 14.2 Å². The molecule has 3 rings (SSSR count). The summed E-state index contributed by atoms with van der Waals surface area (Å²) in [7, 11) is 3.68. The highest BCUT2D eigenvalue weighted by Crippen LogP contribution is 2.42. The maximum Gasteiger partial charge on any atom is 0.138 e. The summed E-state index contributed by atoms with van der Waals surface area (Å²) in [6.07, 6.45) is 14.6. The number of allylic oxidation sites excluding steroid dienone is 6. The van der Waals surface area contributed by atoms with E-state index in [1.54, 1.807) is 7.11 Å². The van der Waals surface area contributed by atoms with Crippen LogP contribution in [0.5, 0.6) is 11.5 Å². The van der Waals surface area contributed by atoms with Crippen LogP contribution in [0.15, 0.2) is 60.1 Å². The van der Waals surface area contributed by atoms with Crippen LogP contribution in [0.3, 0.4) is 0 Å². The third kappa shape index (κ3) is 6.49. The van der Waals surface area contributed by atoms with Crippen LogP contribution in [0.25, 0.3) is 5.57 Å². The van der Waals surface area contributed by atoms with Gasteiger partial charge in [-0.2, -0.15) is 0 Å². The van der Waals surface area contributed by atoms with E-state index in [2.05, 4.69) is 54.0 Å². The number of likely N-dealkylation sites (N-methyl/N-ethyl adjacent to an activating group) is 1. The molecule has 0 aromatic heterocycles. The molecule has 0 radical (unpaired) electrons. The summed E-state index contributed by atoms with van der Waals surface area (Å²) in [6.45, 7) is 5.77. The predicted molar refractivity (Wildman–Crippen MR) is 127 cm³/mol. The zero-order valence-electron chi connectivity index (χ0n) is 19.1. The van der Waals surface area contributed by atoms with Gasteiger partial charge in [-0.15, -0.1) is 0 Å². The monoisotopic (exact) mass is 424 g/mol. The largest absolute Gasteiger partial charge is 0.497 e. The fraction of sp³-hybridized carbons (Fsp3) is 0.462. The minimum Gasteiger partial charge on any atom is -0.497 e. The van der Waals surface area contributed by atoms with Crippen LogP contribution in [-0.4, -0.2) is 40.4 Å². The highest BCUT2D eigenvalue weighted by molar-refractivity contribution is 5.84. The van der Waals surface area contributed by atoms with Gasteiger partial charge in [-0.05, 0) is 69.1 Å². The van der Waals surface area contributed by atoms with Gasteiger partial charge in [0.05, 0.1) is 20.0 Å². The van der Waals surface area contributed by atoms with Gasteiger partial charge in [0.25, 0.3) is 0 Å². The molecule has 0 bridgehead atoms. The van der Waals surface area contributed by atoms with E-state index in [1.807, 2.05) is 19.4 Å². The van der Waals surface area contributed by atoms with Gasteiger partial charge >= 0.3 is 0 Å². The smallest absolute Gasteiger partial charge is 0.138 e. The lowest BCUT2D eigenvalue weighted by Crippen LogP contribution is -2.26. The molecule has 1 atom stereocenters. The van der Waals surface area contributed by atoms with E-state index in [1.165, 1.54) is 11.1 Å². The Balaban J connectivity index is 1.65. The SMILES string of the molecule is CC/C=C1/C(C2C=CC(OC)=CCC2)=COc2cc(OCCCNCCNC)ccc21. The zero-order chi connectivity index (χ0) is 21.9. The average molecular weight is 425 g/mol. The van der Waals surface area contributed by atoms with Crippen LogP contribution in [0.1, 0.15) is 38.2 Å². The second-order valence-corrected chi connectivity index (χ2v) is 7.78. The molecule has 0 amide bonds. The van der Waals surface area contributed by atoms with E-state index >= 15 is 0 Å². The van der Waals surface area contributed by atoms with Crippen molar-refractivity contribution in [3.63, 3.8) is 0 Å². The lowest BCUT2D eigenvalue weighted by Gasteiger charge is -2.25. The molecule has 168 valence electrons. The number of fused-ring (bicyclic) bond motifs is 1. The molecule has 2 N–H and O–H groups in total. The number of hydrogen-bond donors (Lipinski definition) is 2. The minimum absolute atomic E-state index is 0.307. The lowest BCUT2D eigenvalue weighted by atomic mass is 9.84. The Morgan fingerprint density at radius 3 is 2.94 bits per heavy atom. The molecule has 5 heteroatoms. The molecule has 1 aliphatic carbocycles. The number of rotatable bonds is 11. The van der Waals surface area contributed by atoms with Crippen molar-refractivity contribution in [3.05, 3.63) is 65.7 Å². The molecule has 2 aliphatic rings. The molecule has 1 heterocycles. The van der Waals surface area contributed by atoms with Gasteiger partial charge in [0.15, 0.2) is 0 Å². The first-order valence-corrected chi connectivity index (χ1v) is 11.4. The molecule has 0 saturated carbocycles. The number of methoxy groups -OCH3 is 1. The number of nitrogens with one attached hydrogen (secondary N) is 2. The van der Waals surface area contributed by atoms with Crippen LogP contribution in [0.4, 0.5) is 0 Å². The zero-order valence-corrected chi connectivity index (χ0v) is 19.1. The van der Waals surface area contributed by atoms with Crippen molar-refractivity contribution in [2.75, 3.05) is 40.4 Å². The van der Waals surface area contributed by atoms with E-state index in [9.17, 15) is 0 Å². The van der Waals surface area contributed by atoms with Crippen molar-refractivity contribution >= 4 is 5.57 Å². The highest BCUT2D eigenvalue weighted by atomic mass is 16.5. The predicted octanol–water partition coefficient (Wildman–Crippen LogP) is 4.83. The molecule has 1 aliphatic heterocycles. The molecule has 1 aromatic carbocycles. The minimum atomic E-state index is 0.307. The maximum absolute atomic E-state index is 6.09. The van der Waals surface area contributed by atoms with Gasteiger partial charge in [-0.1, -0.05) is 19.1 Å². The molecular formula is C26H36N2O3. The van der Waals surface area contributed by atoms with Crippen molar-refractivity contribution in [2.24, 2.45) is 5.92 Å². The standard InChI is InChI=1S/C26H36N2O3/c1-4-7-23-24-13-12-22(30-17-6-14-28-16-15-27-2)18-26(24)31-19-25(23)20-8-5-9-21(29-3)11-10-20/h7,9-13,18-20,27-28H,4-6,8,14-17H2,1-3H3/b23-7+. The van der Waals surface area contributed by atoms with Crippen LogP contribution < -0.4 is 20.1 Å². The Kier molecular flexibility index (Phi) is 9.25. The van der Waals surface area contributed by atoms with Crippen molar-refractivity contribution in [1.82, 2.24) is 10.6 Å². The first-order valence-electron chi connectivity index (χ1n) is 11.4. The quantitative estimate of drug-likeness (QED) is 0.498. The summed E-state index contributed by atoms with van der Waals surface area (Å²) in [4.78, 5) is 0. The van der Waals surface area contributed by atoms with E-state index in [0.29, 0.717) is 12.5 Å². The Hall–Kier alpha value is -2.50. The summed E-state index contributed by atoms with van der Waals surface area (Å²) < 4.78 is 17.4. The molecule has 0 saturated heterocycles. The van der Waals surface area contributed by atoms with Crippen LogP contribution >= 0.6 is 0 Å². The maximum atomic E-state index is 6.09. The summed E-state index contributed by atoms with van der Waals surface area (Å²) >= 11 is 0. The van der Waals surface area contributed by atoms with Crippen LogP contribution in [0, 0.1) is 5.92 Å². The van der Waals surface area contributed by atoms with Gasteiger partial charge in [0.1, 0.15) is 17.3 Å². The van der Waals surface area contributed by atoms with E-state index in [4.69, 9.17) is 14.2 Å². The number of hydrogen-bond acceptors (Lipinski definition) is 5. The van der Waals surface area contributed by atoms with Crippen molar-refractivity contribution in [2.45, 2.75) is 32.6 Å². The summed E-state index contributed by atoms with van der Waals surface area (Å²) in [5.41, 5.74) is 3.63. The second kappa shape index (κ2) is 12.4. The van der Waals surface area contributed by atoms with Crippen molar-refractivity contribution in [1.29, 1.82) is 0 Å². The average Bonchev–Trinajstić information content (AvgIpc) is 3.04. The number of benzene rings is 1. The van der Waals surface area contributed by atoms with Gasteiger partial charge in [0, 0.05) is 36.2 Å². The van der Waals surface area contributed by atoms with E-state index in [0.717, 1.165) is 68.1 Å². The van der Waals surface area contributed by atoms with Gasteiger partial charge in [-0.25, -0.2) is 0 Å².